The first-order valence-corrected chi connectivity index (χ1v) is 11.8. The summed E-state index contributed by atoms with van der Waals surface area (Å²) in [5.41, 5.74) is 1.20. The van der Waals surface area contributed by atoms with Gasteiger partial charge in [0.2, 0.25) is 0 Å². The van der Waals surface area contributed by atoms with E-state index in [4.69, 9.17) is 9.16 Å². The highest BCUT2D eigenvalue weighted by Crippen LogP contribution is 2.39. The zero-order valence-electron chi connectivity index (χ0n) is 15.8. The van der Waals surface area contributed by atoms with Crippen molar-refractivity contribution in [1.29, 1.82) is 0 Å². The summed E-state index contributed by atoms with van der Waals surface area (Å²) in [4.78, 5) is 0. The molecule has 0 aliphatic carbocycles. The maximum Gasteiger partial charge on any atom is 0.192 e. The van der Waals surface area contributed by atoms with Crippen LogP contribution in [0.2, 0.25) is 18.1 Å². The van der Waals surface area contributed by atoms with Crippen molar-refractivity contribution >= 4 is 14.4 Å². The van der Waals surface area contributed by atoms with Crippen molar-refractivity contribution in [1.82, 2.24) is 0 Å². The van der Waals surface area contributed by atoms with Gasteiger partial charge in [0.25, 0.3) is 0 Å². The van der Waals surface area contributed by atoms with Crippen molar-refractivity contribution in [2.24, 2.45) is 0 Å². The lowest BCUT2D eigenvalue weighted by molar-refractivity contribution is -0.0501. The molecule has 0 N–H and O–H groups in total. The molecule has 0 aromatic heterocycles. The maximum absolute atomic E-state index is 6.63. The molecular formula is C21H32O2Si. The second kappa shape index (κ2) is 7.81. The van der Waals surface area contributed by atoms with Crippen LogP contribution in [0.25, 0.3) is 6.08 Å². The van der Waals surface area contributed by atoms with E-state index in [1.807, 2.05) is 12.1 Å². The maximum atomic E-state index is 6.63. The van der Waals surface area contributed by atoms with Gasteiger partial charge < -0.3 is 9.16 Å². The smallest absolute Gasteiger partial charge is 0.192 e. The highest BCUT2D eigenvalue weighted by atomic mass is 28.4. The minimum absolute atomic E-state index is 0.0685. The summed E-state index contributed by atoms with van der Waals surface area (Å²) in [5, 5.41) is 0.227. The van der Waals surface area contributed by atoms with Crippen molar-refractivity contribution in [2.45, 2.75) is 70.1 Å². The highest BCUT2D eigenvalue weighted by molar-refractivity contribution is 6.74. The number of hydrogen-bond donors (Lipinski definition) is 0. The number of ether oxygens (including phenoxy) is 1. The van der Waals surface area contributed by atoms with Gasteiger partial charge in [-0.1, -0.05) is 69.3 Å². The lowest BCUT2D eigenvalue weighted by Crippen LogP contribution is -2.47. The Bertz CT molecular complexity index is 557. The Labute approximate surface area is 148 Å². The lowest BCUT2D eigenvalue weighted by Gasteiger charge is -2.42. The van der Waals surface area contributed by atoms with Gasteiger partial charge >= 0.3 is 0 Å². The Kier molecular flexibility index (Phi) is 6.24. The van der Waals surface area contributed by atoms with E-state index < -0.39 is 8.32 Å². The number of hydrogen-bond acceptors (Lipinski definition) is 2. The zero-order valence-corrected chi connectivity index (χ0v) is 16.8. The second-order valence-electron chi connectivity index (χ2n) is 8.19. The minimum atomic E-state index is -1.77. The molecule has 0 bridgehead atoms. The molecule has 0 saturated carbocycles. The quantitative estimate of drug-likeness (QED) is 0.494. The number of benzene rings is 1. The van der Waals surface area contributed by atoms with E-state index in [-0.39, 0.29) is 23.4 Å². The summed E-state index contributed by atoms with van der Waals surface area (Å²) in [6.45, 7) is 15.4. The molecule has 1 aliphatic heterocycles. The summed E-state index contributed by atoms with van der Waals surface area (Å²) in [6, 6.07) is 10.3. The summed E-state index contributed by atoms with van der Waals surface area (Å²) in [7, 11) is -1.77. The molecule has 1 aromatic carbocycles. The standard InChI is InChI=1S/C21H32O2Si/c1-7-18-15-20(23-24(5,6)21(2,3)4)16-19(22-18)14-13-17-11-9-8-10-12-17/h7-14,18-20H,1,15-16H2,2-6H3/b14-13-/t18-,19+,20-/m0/s1. The van der Waals surface area contributed by atoms with Crippen LogP contribution in [0.4, 0.5) is 0 Å². The Morgan fingerprint density at radius 3 is 2.33 bits per heavy atom. The van der Waals surface area contributed by atoms with E-state index in [0.717, 1.165) is 12.8 Å². The first-order chi connectivity index (χ1) is 11.2. The van der Waals surface area contributed by atoms with Gasteiger partial charge in [-0.15, -0.1) is 6.58 Å². The molecule has 24 heavy (non-hydrogen) atoms. The molecule has 0 amide bonds. The molecule has 2 rings (SSSR count). The molecule has 3 atom stereocenters. The van der Waals surface area contributed by atoms with E-state index in [0.29, 0.717) is 0 Å². The number of rotatable bonds is 5. The summed E-state index contributed by atoms with van der Waals surface area (Å²) in [5.74, 6) is 0. The van der Waals surface area contributed by atoms with E-state index >= 15 is 0 Å². The van der Waals surface area contributed by atoms with Crippen molar-refractivity contribution in [2.75, 3.05) is 0 Å². The van der Waals surface area contributed by atoms with Crippen molar-refractivity contribution in [3.8, 4) is 0 Å². The van der Waals surface area contributed by atoms with Gasteiger partial charge in [0, 0.05) is 12.8 Å². The fourth-order valence-electron chi connectivity index (χ4n) is 2.70. The monoisotopic (exact) mass is 344 g/mol. The Morgan fingerprint density at radius 1 is 1.12 bits per heavy atom. The van der Waals surface area contributed by atoms with Crippen LogP contribution in [-0.2, 0) is 9.16 Å². The van der Waals surface area contributed by atoms with E-state index in [1.54, 1.807) is 0 Å². The molecule has 1 fully saturated rings. The van der Waals surface area contributed by atoms with Crippen LogP contribution < -0.4 is 0 Å². The van der Waals surface area contributed by atoms with E-state index in [2.05, 4.69) is 76.9 Å². The predicted octanol–water partition coefficient (Wildman–Crippen LogP) is 5.82. The minimum Gasteiger partial charge on any atom is -0.414 e. The Morgan fingerprint density at radius 2 is 1.75 bits per heavy atom. The Balaban J connectivity index is 2.06. The van der Waals surface area contributed by atoms with Crippen LogP contribution in [0, 0.1) is 0 Å². The SMILES string of the molecule is C=C[C@H]1C[C@H](O[Si](C)(C)C(C)(C)C)C[C@@H](/C=C\c2ccccc2)O1. The molecule has 2 nitrogen and oxygen atoms in total. The van der Waals surface area contributed by atoms with Gasteiger partial charge in [0.1, 0.15) is 0 Å². The van der Waals surface area contributed by atoms with Crippen LogP contribution in [0.15, 0.2) is 49.1 Å². The van der Waals surface area contributed by atoms with Crippen molar-refractivity contribution in [3.05, 3.63) is 54.6 Å². The predicted molar refractivity (Wildman–Crippen MR) is 106 cm³/mol. The molecular weight excluding hydrogens is 312 g/mol. The second-order valence-corrected chi connectivity index (χ2v) is 12.9. The third-order valence-corrected chi connectivity index (χ3v) is 9.71. The average Bonchev–Trinajstić information content (AvgIpc) is 2.52. The molecule has 132 valence electrons. The first-order valence-electron chi connectivity index (χ1n) is 8.90. The van der Waals surface area contributed by atoms with E-state index in [9.17, 15) is 0 Å². The fraction of sp³-hybridized carbons (Fsp3) is 0.524. The van der Waals surface area contributed by atoms with Gasteiger partial charge in [-0.2, -0.15) is 0 Å². The van der Waals surface area contributed by atoms with Crippen molar-refractivity contribution < 1.29 is 9.16 Å². The molecule has 0 unspecified atom stereocenters. The van der Waals surface area contributed by atoms with Gasteiger partial charge in [0.15, 0.2) is 8.32 Å². The van der Waals surface area contributed by atoms with Crippen LogP contribution >= 0.6 is 0 Å². The molecule has 1 aliphatic rings. The van der Waals surface area contributed by atoms with Crippen molar-refractivity contribution in [3.63, 3.8) is 0 Å². The van der Waals surface area contributed by atoms with Gasteiger partial charge in [-0.05, 0) is 23.7 Å². The third kappa shape index (κ3) is 5.17. The average molecular weight is 345 g/mol. The summed E-state index contributed by atoms with van der Waals surface area (Å²) < 4.78 is 12.8. The van der Waals surface area contributed by atoms with Crippen LogP contribution in [0.5, 0.6) is 0 Å². The largest absolute Gasteiger partial charge is 0.414 e. The molecule has 3 heteroatoms. The van der Waals surface area contributed by atoms with E-state index in [1.165, 1.54) is 5.56 Å². The first kappa shape index (κ1) is 19.2. The molecule has 1 saturated heterocycles. The summed E-state index contributed by atoms with van der Waals surface area (Å²) >= 11 is 0. The van der Waals surface area contributed by atoms with Gasteiger partial charge in [-0.25, -0.2) is 0 Å². The topological polar surface area (TPSA) is 18.5 Å². The van der Waals surface area contributed by atoms with Crippen LogP contribution in [-0.4, -0.2) is 26.6 Å². The van der Waals surface area contributed by atoms with Crippen LogP contribution in [0.3, 0.4) is 0 Å². The van der Waals surface area contributed by atoms with Gasteiger partial charge in [0.05, 0.1) is 18.3 Å². The molecule has 1 heterocycles. The summed E-state index contributed by atoms with van der Waals surface area (Å²) in [6.07, 6.45) is 8.42. The van der Waals surface area contributed by atoms with Gasteiger partial charge in [-0.3, -0.25) is 0 Å². The third-order valence-electron chi connectivity index (χ3n) is 5.17. The normalized spacial score (nSPS) is 25.8. The fourth-order valence-corrected chi connectivity index (χ4v) is 4.08. The molecule has 0 radical (unpaired) electrons. The highest BCUT2D eigenvalue weighted by Gasteiger charge is 2.40. The Hall–Kier alpha value is -1.16. The molecule has 1 aromatic rings. The lowest BCUT2D eigenvalue weighted by atomic mass is 10.00. The van der Waals surface area contributed by atoms with Crippen LogP contribution in [0.1, 0.15) is 39.2 Å². The molecule has 0 spiro atoms. The zero-order chi connectivity index (χ0) is 17.8.